The van der Waals surface area contributed by atoms with E-state index in [4.69, 9.17) is 4.74 Å². The quantitative estimate of drug-likeness (QED) is 0.673. The summed E-state index contributed by atoms with van der Waals surface area (Å²) in [6.07, 6.45) is 1.81. The smallest absolute Gasteiger partial charge is 0.128 e. The van der Waals surface area contributed by atoms with Crippen LogP contribution in [0.25, 0.3) is 0 Å². The second kappa shape index (κ2) is 3.81. The van der Waals surface area contributed by atoms with Crippen LogP contribution in [0, 0.1) is 0 Å². The van der Waals surface area contributed by atoms with Gasteiger partial charge in [0.15, 0.2) is 0 Å². The van der Waals surface area contributed by atoms with Crippen molar-refractivity contribution >= 4 is 0 Å². The largest absolute Gasteiger partial charge is 0.494 e. The van der Waals surface area contributed by atoms with Crippen LogP contribution in [0.3, 0.4) is 0 Å². The van der Waals surface area contributed by atoms with Crippen LogP contribution in [0.4, 0.5) is 0 Å². The molecule has 0 fully saturated rings. The van der Waals surface area contributed by atoms with E-state index in [1.54, 1.807) is 7.05 Å². The van der Waals surface area contributed by atoms with Gasteiger partial charge < -0.3 is 9.72 Å². The summed E-state index contributed by atoms with van der Waals surface area (Å²) in [5.74, 6) is 0.854. The van der Waals surface area contributed by atoms with E-state index in [0.717, 1.165) is 11.2 Å². The summed E-state index contributed by atoms with van der Waals surface area (Å²) in [5.41, 5.74) is 0.830. The molecule has 1 N–H and O–H groups in total. The lowest BCUT2D eigenvalue weighted by Gasteiger charge is -2.00. The minimum atomic E-state index is 0.688. The molecule has 1 aromatic rings. The molecule has 0 saturated heterocycles. The number of pyridine rings is 1. The molecule has 3 heteroatoms. The number of nitrogens with zero attached hydrogens (tertiary/aromatic N) is 1. The van der Waals surface area contributed by atoms with Crippen molar-refractivity contribution in [3.8, 4) is 5.75 Å². The van der Waals surface area contributed by atoms with Crippen molar-refractivity contribution in [2.75, 3.05) is 13.7 Å². The van der Waals surface area contributed by atoms with E-state index in [1.807, 2.05) is 25.3 Å². The van der Waals surface area contributed by atoms with Gasteiger partial charge in [-0.1, -0.05) is 0 Å². The van der Waals surface area contributed by atoms with Crippen LogP contribution in [-0.4, -0.2) is 18.6 Å². The van der Waals surface area contributed by atoms with Gasteiger partial charge in [0, 0.05) is 19.3 Å². The van der Waals surface area contributed by atoms with Crippen molar-refractivity contribution < 1.29 is 4.74 Å². The fourth-order valence-corrected chi connectivity index (χ4v) is 0.819. The van der Waals surface area contributed by atoms with Gasteiger partial charge in [-0.25, -0.2) is 0 Å². The number of hydrogen-bond donors (Lipinski definition) is 1. The standard InChI is InChI=1S/C8H12N2O/c1-3-11-7-4-5-10-8(6-7)9-2/h4-6H,3H2,1-2H3,(H,9,10). The van der Waals surface area contributed by atoms with Crippen molar-refractivity contribution in [2.45, 2.75) is 6.92 Å². The van der Waals surface area contributed by atoms with Gasteiger partial charge in [0.2, 0.25) is 0 Å². The third-order valence-corrected chi connectivity index (χ3v) is 1.31. The average molecular weight is 152 g/mol. The van der Waals surface area contributed by atoms with E-state index in [0.29, 0.717) is 6.61 Å². The van der Waals surface area contributed by atoms with Gasteiger partial charge in [-0.15, -0.1) is 0 Å². The number of rotatable bonds is 2. The van der Waals surface area contributed by atoms with Crippen LogP contribution < -0.4 is 10.2 Å². The summed E-state index contributed by atoms with van der Waals surface area (Å²) in [5, 5.41) is 0. The Bertz CT molecular complexity index is 277. The summed E-state index contributed by atoms with van der Waals surface area (Å²) in [6, 6.07) is 3.74. The Morgan fingerprint density at radius 3 is 3.09 bits per heavy atom. The summed E-state index contributed by atoms with van der Waals surface area (Å²) in [7, 11) is 1.74. The zero-order chi connectivity index (χ0) is 8.10. The first-order valence-electron chi connectivity index (χ1n) is 3.61. The molecule has 1 aromatic heterocycles. The van der Waals surface area contributed by atoms with Crippen LogP contribution in [-0.2, 0) is 0 Å². The Labute approximate surface area is 65.8 Å². The van der Waals surface area contributed by atoms with Crippen molar-refractivity contribution in [3.05, 3.63) is 23.8 Å². The number of ether oxygens (including phenoxy) is 1. The van der Waals surface area contributed by atoms with Crippen molar-refractivity contribution in [3.63, 3.8) is 0 Å². The van der Waals surface area contributed by atoms with Gasteiger partial charge in [-0.3, -0.25) is 4.99 Å². The molecule has 0 atom stereocenters. The Kier molecular flexibility index (Phi) is 2.72. The minimum Gasteiger partial charge on any atom is -0.494 e. The lowest BCUT2D eigenvalue weighted by atomic mass is 10.4. The molecule has 1 rings (SSSR count). The SMILES string of the molecule is CCOc1cc[nH]/c(=N\C)c1. The predicted octanol–water partition coefficient (Wildman–Crippen LogP) is 0.944. The zero-order valence-corrected chi connectivity index (χ0v) is 6.79. The fourth-order valence-electron chi connectivity index (χ4n) is 0.819. The highest BCUT2D eigenvalue weighted by Gasteiger charge is 1.88. The molecule has 0 spiro atoms. The van der Waals surface area contributed by atoms with E-state index >= 15 is 0 Å². The first-order valence-corrected chi connectivity index (χ1v) is 3.61. The van der Waals surface area contributed by atoms with Crippen LogP contribution in [0.5, 0.6) is 5.75 Å². The molecule has 1 heterocycles. The monoisotopic (exact) mass is 152 g/mol. The highest BCUT2D eigenvalue weighted by Crippen LogP contribution is 2.02. The molecule has 0 amide bonds. The van der Waals surface area contributed by atoms with E-state index in [1.165, 1.54) is 0 Å². The molecule has 60 valence electrons. The maximum atomic E-state index is 5.27. The van der Waals surface area contributed by atoms with Crippen LogP contribution >= 0.6 is 0 Å². The fraction of sp³-hybridized carbons (Fsp3) is 0.375. The van der Waals surface area contributed by atoms with Gasteiger partial charge in [0.25, 0.3) is 0 Å². The minimum absolute atomic E-state index is 0.688. The van der Waals surface area contributed by atoms with E-state index in [2.05, 4.69) is 9.98 Å². The molecule has 0 radical (unpaired) electrons. The molecule has 0 aliphatic heterocycles. The predicted molar refractivity (Wildman–Crippen MR) is 43.4 cm³/mol. The molecule has 0 aromatic carbocycles. The van der Waals surface area contributed by atoms with Crippen molar-refractivity contribution in [1.82, 2.24) is 4.98 Å². The van der Waals surface area contributed by atoms with Crippen molar-refractivity contribution in [1.29, 1.82) is 0 Å². The summed E-state index contributed by atoms with van der Waals surface area (Å²) >= 11 is 0. The number of H-pyrrole nitrogens is 1. The molecule has 0 saturated carbocycles. The molecule has 3 nitrogen and oxygen atoms in total. The first kappa shape index (κ1) is 7.85. The number of aromatic nitrogens is 1. The Morgan fingerprint density at radius 1 is 1.64 bits per heavy atom. The number of aromatic amines is 1. The third-order valence-electron chi connectivity index (χ3n) is 1.31. The zero-order valence-electron chi connectivity index (χ0n) is 6.79. The maximum Gasteiger partial charge on any atom is 0.128 e. The van der Waals surface area contributed by atoms with Gasteiger partial charge in [0.05, 0.1) is 6.61 Å². The van der Waals surface area contributed by atoms with Crippen LogP contribution in [0.1, 0.15) is 6.92 Å². The molecular formula is C8H12N2O. The average Bonchev–Trinajstić information content (AvgIpc) is 2.06. The van der Waals surface area contributed by atoms with Gasteiger partial charge in [-0.2, -0.15) is 0 Å². The Balaban J connectivity index is 2.92. The van der Waals surface area contributed by atoms with E-state index < -0.39 is 0 Å². The topological polar surface area (TPSA) is 37.4 Å². The molecule has 0 unspecified atom stereocenters. The lowest BCUT2D eigenvalue weighted by Crippen LogP contribution is -2.06. The van der Waals surface area contributed by atoms with E-state index in [-0.39, 0.29) is 0 Å². The second-order valence-corrected chi connectivity index (χ2v) is 2.07. The third kappa shape index (κ3) is 2.11. The number of nitrogens with one attached hydrogen (secondary N) is 1. The number of hydrogen-bond acceptors (Lipinski definition) is 2. The van der Waals surface area contributed by atoms with Gasteiger partial charge in [-0.05, 0) is 13.0 Å². The lowest BCUT2D eigenvalue weighted by molar-refractivity contribution is 0.339. The maximum absolute atomic E-state index is 5.27. The van der Waals surface area contributed by atoms with Crippen molar-refractivity contribution in [2.24, 2.45) is 4.99 Å². The van der Waals surface area contributed by atoms with Gasteiger partial charge >= 0.3 is 0 Å². The van der Waals surface area contributed by atoms with Crippen LogP contribution in [0.2, 0.25) is 0 Å². The molecule has 0 bridgehead atoms. The molecule has 11 heavy (non-hydrogen) atoms. The summed E-state index contributed by atoms with van der Waals surface area (Å²) in [6.45, 7) is 2.65. The highest BCUT2D eigenvalue weighted by molar-refractivity contribution is 5.16. The van der Waals surface area contributed by atoms with E-state index in [9.17, 15) is 0 Å². The van der Waals surface area contributed by atoms with Crippen LogP contribution in [0.15, 0.2) is 23.3 Å². The Hall–Kier alpha value is -1.25. The first-order chi connectivity index (χ1) is 5.36. The highest BCUT2D eigenvalue weighted by atomic mass is 16.5. The molecule has 0 aliphatic rings. The summed E-state index contributed by atoms with van der Waals surface area (Å²) in [4.78, 5) is 6.95. The Morgan fingerprint density at radius 2 is 2.45 bits per heavy atom. The molecule has 0 aliphatic carbocycles. The molecular weight excluding hydrogens is 140 g/mol. The second-order valence-electron chi connectivity index (χ2n) is 2.07. The normalized spacial score (nSPS) is 11.6. The van der Waals surface area contributed by atoms with Gasteiger partial charge in [0.1, 0.15) is 11.2 Å². The summed E-state index contributed by atoms with van der Waals surface area (Å²) < 4.78 is 5.27.